The van der Waals surface area contributed by atoms with E-state index in [1.807, 2.05) is 0 Å². The summed E-state index contributed by atoms with van der Waals surface area (Å²) in [6, 6.07) is 6.82. The van der Waals surface area contributed by atoms with E-state index >= 15 is 0 Å². The number of carboxylic acid groups (broad SMARTS) is 1. The van der Waals surface area contributed by atoms with Gasteiger partial charge in [-0.3, -0.25) is 4.79 Å². The van der Waals surface area contributed by atoms with Crippen molar-refractivity contribution in [3.05, 3.63) is 53.6 Å². The molecule has 0 bridgehead atoms. The lowest BCUT2D eigenvalue weighted by Gasteiger charge is -2.16. The summed E-state index contributed by atoms with van der Waals surface area (Å²) >= 11 is 0. The molecule has 2 rings (SSSR count). The smallest absolute Gasteiger partial charge is 0.335 e. The Morgan fingerprint density at radius 1 is 1.33 bits per heavy atom. The molecule has 6 nitrogen and oxygen atoms in total. The first-order chi connectivity index (χ1) is 9.99. The molecule has 0 aliphatic carbocycles. The number of hydrogen-bond donors (Lipinski definition) is 1. The first kappa shape index (κ1) is 14.8. The molecule has 0 radical (unpaired) electrons. The van der Waals surface area contributed by atoms with Crippen LogP contribution in [0.3, 0.4) is 0 Å². The molecule has 0 saturated carbocycles. The van der Waals surface area contributed by atoms with Gasteiger partial charge in [-0.2, -0.15) is 0 Å². The second-order valence-corrected chi connectivity index (χ2v) is 4.86. The van der Waals surface area contributed by atoms with Crippen LogP contribution in [0, 0.1) is 0 Å². The zero-order valence-corrected chi connectivity index (χ0v) is 12.0. The molecule has 1 aromatic carbocycles. The molecule has 1 N–H and O–H groups in total. The second kappa shape index (κ2) is 6.21. The van der Waals surface area contributed by atoms with E-state index in [0.29, 0.717) is 24.2 Å². The monoisotopic (exact) mass is 287 g/mol. The van der Waals surface area contributed by atoms with E-state index in [9.17, 15) is 9.59 Å². The molecule has 0 fully saturated rings. The number of aromatic carboxylic acids is 1. The number of carboxylic acids is 1. The first-order valence-corrected chi connectivity index (χ1v) is 6.53. The fourth-order valence-corrected chi connectivity index (χ4v) is 2.06. The fraction of sp³-hybridized carbons (Fsp3) is 0.267. The van der Waals surface area contributed by atoms with E-state index in [4.69, 9.17) is 5.11 Å². The molecule has 110 valence electrons. The van der Waals surface area contributed by atoms with Crippen molar-refractivity contribution in [3.63, 3.8) is 0 Å². The van der Waals surface area contributed by atoms with Gasteiger partial charge in [0.1, 0.15) is 5.69 Å². The quantitative estimate of drug-likeness (QED) is 0.902. The Morgan fingerprint density at radius 3 is 2.67 bits per heavy atom. The van der Waals surface area contributed by atoms with Gasteiger partial charge in [0.15, 0.2) is 0 Å². The number of imidazole rings is 1. The predicted octanol–water partition coefficient (Wildman–Crippen LogP) is 1.43. The van der Waals surface area contributed by atoms with Gasteiger partial charge < -0.3 is 14.6 Å². The van der Waals surface area contributed by atoms with Crippen molar-refractivity contribution in [1.29, 1.82) is 0 Å². The van der Waals surface area contributed by atoms with Gasteiger partial charge in [-0.05, 0) is 18.1 Å². The molecule has 0 saturated heterocycles. The van der Waals surface area contributed by atoms with E-state index < -0.39 is 5.97 Å². The summed E-state index contributed by atoms with van der Waals surface area (Å²) in [7, 11) is 3.48. The summed E-state index contributed by atoms with van der Waals surface area (Å²) in [5.74, 6) is -1.13. The molecule has 6 heteroatoms. The van der Waals surface area contributed by atoms with Crippen LogP contribution in [0.5, 0.6) is 0 Å². The summed E-state index contributed by atoms with van der Waals surface area (Å²) in [4.78, 5) is 28.8. The predicted molar refractivity (Wildman–Crippen MR) is 77.3 cm³/mol. The van der Waals surface area contributed by atoms with E-state index in [1.54, 1.807) is 60.4 Å². The summed E-state index contributed by atoms with van der Waals surface area (Å²) in [6.45, 7) is 0.430. The van der Waals surface area contributed by atoms with Crippen LogP contribution in [-0.2, 0) is 13.5 Å². The molecule has 0 aliphatic rings. The van der Waals surface area contributed by atoms with Gasteiger partial charge >= 0.3 is 5.97 Å². The Balaban J connectivity index is 2.03. The Hall–Kier alpha value is -2.63. The van der Waals surface area contributed by atoms with Gasteiger partial charge in [0.25, 0.3) is 5.91 Å². The van der Waals surface area contributed by atoms with Crippen LogP contribution >= 0.6 is 0 Å². The van der Waals surface area contributed by atoms with Crippen molar-refractivity contribution in [3.8, 4) is 0 Å². The maximum Gasteiger partial charge on any atom is 0.335 e. The largest absolute Gasteiger partial charge is 0.478 e. The number of nitrogens with zero attached hydrogens (tertiary/aromatic N) is 3. The molecule has 1 aromatic heterocycles. The van der Waals surface area contributed by atoms with E-state index in [1.165, 1.54) is 0 Å². The lowest BCUT2D eigenvalue weighted by molar-refractivity contribution is 0.0695. The number of aryl methyl sites for hydroxylation is 1. The Kier molecular flexibility index (Phi) is 4.37. The SMILES string of the molecule is CN(CCc1ccccc1C(=O)O)C(=O)c1cn(C)cn1. The number of amides is 1. The first-order valence-electron chi connectivity index (χ1n) is 6.53. The normalized spacial score (nSPS) is 10.4. The third kappa shape index (κ3) is 3.47. The van der Waals surface area contributed by atoms with Crippen LogP contribution in [-0.4, -0.2) is 45.0 Å². The van der Waals surface area contributed by atoms with Crippen LogP contribution in [0.2, 0.25) is 0 Å². The molecule has 0 spiro atoms. The molecular weight excluding hydrogens is 270 g/mol. The van der Waals surface area contributed by atoms with Crippen LogP contribution in [0.15, 0.2) is 36.8 Å². The molecule has 2 aromatic rings. The lowest BCUT2D eigenvalue weighted by atomic mass is 10.0. The molecule has 1 heterocycles. The van der Waals surface area contributed by atoms with Crippen molar-refractivity contribution in [2.75, 3.05) is 13.6 Å². The number of likely N-dealkylation sites (N-methyl/N-ethyl adjacent to an activating group) is 1. The third-order valence-corrected chi connectivity index (χ3v) is 3.24. The average molecular weight is 287 g/mol. The maximum absolute atomic E-state index is 12.1. The van der Waals surface area contributed by atoms with Crippen LogP contribution in [0.1, 0.15) is 26.4 Å². The number of benzene rings is 1. The third-order valence-electron chi connectivity index (χ3n) is 3.24. The van der Waals surface area contributed by atoms with E-state index in [0.717, 1.165) is 0 Å². The maximum atomic E-state index is 12.1. The Morgan fingerprint density at radius 2 is 2.05 bits per heavy atom. The highest BCUT2D eigenvalue weighted by Crippen LogP contribution is 2.10. The zero-order valence-electron chi connectivity index (χ0n) is 12.0. The summed E-state index contributed by atoms with van der Waals surface area (Å²) in [6.07, 6.45) is 3.71. The van der Waals surface area contributed by atoms with Gasteiger partial charge in [0.2, 0.25) is 0 Å². The minimum Gasteiger partial charge on any atom is -0.478 e. The van der Waals surface area contributed by atoms with Gasteiger partial charge in [0.05, 0.1) is 11.9 Å². The van der Waals surface area contributed by atoms with E-state index in [-0.39, 0.29) is 11.5 Å². The standard InChI is InChI=1S/C15H17N3O3/c1-17-9-13(16-10-17)14(19)18(2)8-7-11-5-3-4-6-12(11)15(20)21/h3-6,9-10H,7-8H2,1-2H3,(H,20,21). The molecule has 21 heavy (non-hydrogen) atoms. The van der Waals surface area contributed by atoms with Crippen molar-refractivity contribution in [2.24, 2.45) is 7.05 Å². The van der Waals surface area contributed by atoms with Gasteiger partial charge in [-0.15, -0.1) is 0 Å². The highest BCUT2D eigenvalue weighted by Gasteiger charge is 2.15. The lowest BCUT2D eigenvalue weighted by Crippen LogP contribution is -2.29. The number of hydrogen-bond acceptors (Lipinski definition) is 3. The van der Waals surface area contributed by atoms with Crippen molar-refractivity contribution >= 4 is 11.9 Å². The van der Waals surface area contributed by atoms with Crippen molar-refractivity contribution < 1.29 is 14.7 Å². The number of carbonyl (C=O) groups is 2. The summed E-state index contributed by atoms with van der Waals surface area (Å²) < 4.78 is 1.71. The minimum absolute atomic E-state index is 0.177. The number of aromatic nitrogens is 2. The van der Waals surface area contributed by atoms with Crippen molar-refractivity contribution in [2.45, 2.75) is 6.42 Å². The second-order valence-electron chi connectivity index (χ2n) is 4.86. The summed E-state index contributed by atoms with van der Waals surface area (Å²) in [5.41, 5.74) is 1.37. The molecule has 0 unspecified atom stereocenters. The molecule has 1 amide bonds. The highest BCUT2D eigenvalue weighted by atomic mass is 16.4. The summed E-state index contributed by atoms with van der Waals surface area (Å²) in [5, 5.41) is 9.13. The fourth-order valence-electron chi connectivity index (χ4n) is 2.06. The van der Waals surface area contributed by atoms with Gasteiger partial charge in [-0.1, -0.05) is 18.2 Å². The van der Waals surface area contributed by atoms with Crippen LogP contribution in [0.4, 0.5) is 0 Å². The van der Waals surface area contributed by atoms with Gasteiger partial charge in [-0.25, -0.2) is 9.78 Å². The average Bonchev–Trinajstić information content (AvgIpc) is 2.90. The zero-order chi connectivity index (χ0) is 15.4. The Bertz CT molecular complexity index is 664. The molecule has 0 aliphatic heterocycles. The van der Waals surface area contributed by atoms with Gasteiger partial charge in [0, 0.05) is 26.8 Å². The molecular formula is C15H17N3O3. The van der Waals surface area contributed by atoms with Crippen LogP contribution < -0.4 is 0 Å². The minimum atomic E-state index is -0.954. The van der Waals surface area contributed by atoms with Crippen molar-refractivity contribution in [1.82, 2.24) is 14.5 Å². The molecule has 0 atom stereocenters. The van der Waals surface area contributed by atoms with E-state index in [2.05, 4.69) is 4.98 Å². The highest BCUT2D eigenvalue weighted by molar-refractivity contribution is 5.92. The topological polar surface area (TPSA) is 75.4 Å². The number of rotatable bonds is 5. The van der Waals surface area contributed by atoms with Crippen LogP contribution in [0.25, 0.3) is 0 Å². The number of carbonyl (C=O) groups excluding carboxylic acids is 1. The Labute approximate surface area is 122 Å².